The number of aryl methyl sites for hydroxylation is 1. The van der Waals surface area contributed by atoms with Crippen LogP contribution in [0.4, 0.5) is 5.69 Å². The lowest BCUT2D eigenvalue weighted by atomic mass is 10.1. The Balaban J connectivity index is 1.94. The number of anilines is 1. The average Bonchev–Trinajstić information content (AvgIpc) is 2.80. The first-order chi connectivity index (χ1) is 16.6. The number of carbonyl (C=O) groups excluding carboxylic acids is 1. The monoisotopic (exact) mass is 622 g/mol. The fourth-order valence-corrected chi connectivity index (χ4v) is 4.99. The molecule has 3 aromatic rings. The molecule has 0 aliphatic heterocycles. The Kier molecular flexibility index (Phi) is 8.77. The van der Waals surface area contributed by atoms with Crippen LogP contribution in [0.25, 0.3) is 6.08 Å². The molecule has 10 heteroatoms. The molecule has 35 heavy (non-hydrogen) atoms. The smallest absolute Gasteiger partial charge is 0.339 e. The van der Waals surface area contributed by atoms with Crippen LogP contribution in [0.5, 0.6) is 11.5 Å². The first kappa shape index (κ1) is 26.5. The molecule has 0 radical (unpaired) electrons. The molecule has 0 aromatic heterocycles. The summed E-state index contributed by atoms with van der Waals surface area (Å²) in [5.41, 5.74) is 1.65. The Labute approximate surface area is 222 Å². The maximum absolute atomic E-state index is 12.8. The quantitative estimate of drug-likeness (QED) is 0.144. The molecule has 3 rings (SSSR count). The molecule has 0 spiro atoms. The number of ether oxygens (including phenoxy) is 1. The number of hydrogen-bond acceptors (Lipinski definition) is 6. The number of carbonyl (C=O) groups is 1. The summed E-state index contributed by atoms with van der Waals surface area (Å²) in [5, 5.41) is 12.6. The first-order valence-electron chi connectivity index (χ1n) is 10.3. The molecular formula is C25H20ClIN2O5S. The second kappa shape index (κ2) is 11.6. The van der Waals surface area contributed by atoms with Crippen LogP contribution in [0, 0.1) is 21.8 Å². The van der Waals surface area contributed by atoms with E-state index >= 15 is 0 Å². The van der Waals surface area contributed by atoms with Gasteiger partial charge < -0.3 is 14.2 Å². The third-order valence-corrected chi connectivity index (χ3v) is 6.86. The minimum absolute atomic E-state index is 0.00905. The van der Waals surface area contributed by atoms with Crippen LogP contribution in [0.3, 0.4) is 0 Å². The van der Waals surface area contributed by atoms with Gasteiger partial charge in [-0.3, -0.25) is 4.79 Å². The fraction of sp³-hybridized carbons (Fsp3) is 0.120. The van der Waals surface area contributed by atoms with Crippen LogP contribution in [0.15, 0.2) is 71.1 Å². The minimum Gasteiger partial charge on any atom is -0.490 e. The number of benzene rings is 3. The summed E-state index contributed by atoms with van der Waals surface area (Å²) < 4.78 is 37.1. The van der Waals surface area contributed by atoms with E-state index in [0.29, 0.717) is 19.8 Å². The summed E-state index contributed by atoms with van der Waals surface area (Å²) in [6.45, 7) is 3.84. The zero-order chi connectivity index (χ0) is 25.6. The normalized spacial score (nSPS) is 11.5. The minimum atomic E-state index is -4.11. The molecule has 0 saturated carbocycles. The van der Waals surface area contributed by atoms with Crippen molar-refractivity contribution in [2.24, 2.45) is 0 Å². The summed E-state index contributed by atoms with van der Waals surface area (Å²) in [6.07, 6.45) is 1.38. The van der Waals surface area contributed by atoms with Crippen LogP contribution in [-0.2, 0) is 14.9 Å². The zero-order valence-corrected chi connectivity index (χ0v) is 22.4. The van der Waals surface area contributed by atoms with Gasteiger partial charge >= 0.3 is 10.1 Å². The molecule has 3 aromatic carbocycles. The summed E-state index contributed by atoms with van der Waals surface area (Å²) in [5.74, 6) is -0.439. The van der Waals surface area contributed by atoms with Gasteiger partial charge in [-0.25, -0.2) is 0 Å². The van der Waals surface area contributed by atoms with E-state index in [1.54, 1.807) is 49.4 Å². The molecular weight excluding hydrogens is 603 g/mol. The van der Waals surface area contributed by atoms with Gasteiger partial charge in [0, 0.05) is 10.7 Å². The third kappa shape index (κ3) is 6.97. The summed E-state index contributed by atoms with van der Waals surface area (Å²) in [6, 6.07) is 17.8. The number of nitrogens with one attached hydrogen (secondary N) is 1. The van der Waals surface area contributed by atoms with E-state index in [0.717, 1.165) is 5.56 Å². The lowest BCUT2D eigenvalue weighted by molar-refractivity contribution is -0.112. The van der Waals surface area contributed by atoms with Crippen LogP contribution in [0.2, 0.25) is 5.02 Å². The molecule has 0 bridgehead atoms. The molecule has 0 aliphatic carbocycles. The lowest BCUT2D eigenvalue weighted by Crippen LogP contribution is -2.13. The molecule has 1 amide bonds. The zero-order valence-electron chi connectivity index (χ0n) is 18.7. The van der Waals surface area contributed by atoms with Gasteiger partial charge in [0.1, 0.15) is 16.5 Å². The Morgan fingerprint density at radius 2 is 1.89 bits per heavy atom. The molecule has 1 N–H and O–H groups in total. The van der Waals surface area contributed by atoms with Crippen molar-refractivity contribution < 1.29 is 22.1 Å². The SMILES string of the molecule is CCOc1cc(/C=C(\C#N)C(=O)Nc2cccc(Cl)c2)cc(I)c1OS(=O)(=O)c1ccc(C)cc1. The average molecular weight is 623 g/mol. The molecule has 0 aliphatic rings. The summed E-state index contributed by atoms with van der Waals surface area (Å²) in [4.78, 5) is 12.6. The van der Waals surface area contributed by atoms with Crippen LogP contribution in [0.1, 0.15) is 18.1 Å². The predicted octanol–water partition coefficient (Wildman–Crippen LogP) is 5.97. The Morgan fingerprint density at radius 1 is 1.17 bits per heavy atom. The van der Waals surface area contributed by atoms with Crippen molar-refractivity contribution in [1.29, 1.82) is 5.26 Å². The van der Waals surface area contributed by atoms with E-state index < -0.39 is 16.0 Å². The van der Waals surface area contributed by atoms with Gasteiger partial charge in [0.15, 0.2) is 11.5 Å². The molecule has 0 heterocycles. The van der Waals surface area contributed by atoms with Crippen LogP contribution in [-0.4, -0.2) is 20.9 Å². The second-order valence-electron chi connectivity index (χ2n) is 7.25. The van der Waals surface area contributed by atoms with Gasteiger partial charge in [0.25, 0.3) is 5.91 Å². The van der Waals surface area contributed by atoms with Gasteiger partial charge in [-0.15, -0.1) is 0 Å². The maximum Gasteiger partial charge on any atom is 0.339 e. The van der Waals surface area contributed by atoms with E-state index in [-0.39, 0.29) is 28.6 Å². The van der Waals surface area contributed by atoms with E-state index in [2.05, 4.69) is 5.32 Å². The van der Waals surface area contributed by atoms with Crippen molar-refractivity contribution in [3.63, 3.8) is 0 Å². The van der Waals surface area contributed by atoms with Crippen molar-refractivity contribution >= 4 is 62.0 Å². The van der Waals surface area contributed by atoms with Crippen LogP contribution < -0.4 is 14.2 Å². The molecule has 0 fully saturated rings. The highest BCUT2D eigenvalue weighted by atomic mass is 127. The van der Waals surface area contributed by atoms with Gasteiger partial charge in [0.2, 0.25) is 0 Å². The highest BCUT2D eigenvalue weighted by Crippen LogP contribution is 2.37. The van der Waals surface area contributed by atoms with Crippen molar-refractivity contribution in [2.45, 2.75) is 18.7 Å². The van der Waals surface area contributed by atoms with Crippen molar-refractivity contribution in [2.75, 3.05) is 11.9 Å². The second-order valence-corrected chi connectivity index (χ2v) is 10.4. The van der Waals surface area contributed by atoms with E-state index in [1.807, 2.05) is 35.6 Å². The number of nitriles is 1. The van der Waals surface area contributed by atoms with Gasteiger partial charge in [-0.1, -0.05) is 35.4 Å². The van der Waals surface area contributed by atoms with Crippen molar-refractivity contribution in [3.8, 4) is 17.6 Å². The fourth-order valence-electron chi connectivity index (χ4n) is 2.96. The molecule has 0 saturated heterocycles. The molecule has 0 unspecified atom stereocenters. The van der Waals surface area contributed by atoms with E-state index in [9.17, 15) is 18.5 Å². The highest BCUT2D eigenvalue weighted by molar-refractivity contribution is 14.1. The third-order valence-electron chi connectivity index (χ3n) is 4.59. The molecule has 7 nitrogen and oxygen atoms in total. The largest absolute Gasteiger partial charge is 0.490 e. The summed E-state index contributed by atoms with van der Waals surface area (Å²) >= 11 is 7.86. The Hall–Kier alpha value is -3.07. The Bertz CT molecular complexity index is 1430. The summed E-state index contributed by atoms with van der Waals surface area (Å²) in [7, 11) is -4.11. The number of nitrogens with zero attached hydrogens (tertiary/aromatic N) is 1. The number of amides is 1. The number of hydrogen-bond donors (Lipinski definition) is 1. The van der Waals surface area contributed by atoms with Crippen molar-refractivity contribution in [1.82, 2.24) is 0 Å². The highest BCUT2D eigenvalue weighted by Gasteiger charge is 2.22. The predicted molar refractivity (Wildman–Crippen MR) is 143 cm³/mol. The lowest BCUT2D eigenvalue weighted by Gasteiger charge is -2.15. The topological polar surface area (TPSA) is 105 Å². The standard InChI is InChI=1S/C25H20ClIN2O5S/c1-3-33-23-13-17(11-18(15-28)25(30)29-20-6-4-5-19(26)14-20)12-22(27)24(23)34-35(31,32)21-9-7-16(2)8-10-21/h4-14H,3H2,1-2H3,(H,29,30)/b18-11+. The van der Waals surface area contributed by atoms with Crippen molar-refractivity contribution in [3.05, 3.63) is 86.0 Å². The number of halogens is 2. The van der Waals surface area contributed by atoms with Gasteiger partial charge in [-0.05, 0) is 90.5 Å². The van der Waals surface area contributed by atoms with Gasteiger partial charge in [-0.2, -0.15) is 13.7 Å². The van der Waals surface area contributed by atoms with Gasteiger partial charge in [0.05, 0.1) is 10.2 Å². The van der Waals surface area contributed by atoms with Crippen LogP contribution >= 0.6 is 34.2 Å². The number of rotatable bonds is 8. The Morgan fingerprint density at radius 3 is 2.51 bits per heavy atom. The molecule has 0 atom stereocenters. The molecule has 180 valence electrons. The van der Waals surface area contributed by atoms with E-state index in [4.69, 9.17) is 20.5 Å². The van der Waals surface area contributed by atoms with E-state index in [1.165, 1.54) is 24.3 Å². The first-order valence-corrected chi connectivity index (χ1v) is 13.2. The maximum atomic E-state index is 12.8.